The van der Waals surface area contributed by atoms with Crippen LogP contribution in [-0.4, -0.2) is 29.4 Å². The summed E-state index contributed by atoms with van der Waals surface area (Å²) in [6, 6.07) is 19.7. The second kappa shape index (κ2) is 9.52. The zero-order valence-electron chi connectivity index (χ0n) is 16.9. The van der Waals surface area contributed by atoms with Gasteiger partial charge < -0.3 is 9.64 Å². The largest absolute Gasteiger partial charge is 0.451 e. The number of nitrogens with zero attached hydrogens (tertiary/aromatic N) is 1. The number of ether oxygens (including phenoxy) is 1. The normalized spacial score (nSPS) is 10.8. The molecule has 0 N–H and O–H groups in total. The van der Waals surface area contributed by atoms with Gasteiger partial charge in [-0.25, -0.2) is 4.79 Å². The molecule has 0 saturated heterocycles. The molecule has 1 heterocycles. The number of benzene rings is 2. The number of thiophene rings is 1. The Morgan fingerprint density at radius 1 is 1.00 bits per heavy atom. The van der Waals surface area contributed by atoms with Gasteiger partial charge in [0.25, 0.3) is 5.91 Å². The van der Waals surface area contributed by atoms with Crippen LogP contribution in [0.4, 0.5) is 0 Å². The average Bonchev–Trinajstić information content (AvgIpc) is 3.21. The van der Waals surface area contributed by atoms with Crippen molar-refractivity contribution in [1.82, 2.24) is 4.90 Å². The molecule has 29 heavy (non-hydrogen) atoms. The third kappa shape index (κ3) is 5.33. The van der Waals surface area contributed by atoms with Gasteiger partial charge in [0, 0.05) is 18.2 Å². The summed E-state index contributed by atoms with van der Waals surface area (Å²) in [5, 5.41) is 1.86. The van der Waals surface area contributed by atoms with E-state index in [0.717, 1.165) is 22.3 Å². The van der Waals surface area contributed by atoms with Crippen LogP contribution in [0, 0.1) is 6.92 Å². The van der Waals surface area contributed by atoms with Gasteiger partial charge in [0.15, 0.2) is 6.61 Å². The topological polar surface area (TPSA) is 46.6 Å². The van der Waals surface area contributed by atoms with Crippen molar-refractivity contribution < 1.29 is 14.3 Å². The van der Waals surface area contributed by atoms with Crippen molar-refractivity contribution in [2.75, 3.05) is 6.61 Å². The highest BCUT2D eigenvalue weighted by atomic mass is 32.1. The third-order valence-corrected chi connectivity index (χ3v) is 5.57. The van der Waals surface area contributed by atoms with Crippen LogP contribution in [0.25, 0.3) is 11.1 Å². The Morgan fingerprint density at radius 3 is 2.34 bits per heavy atom. The molecule has 5 heteroatoms. The van der Waals surface area contributed by atoms with Gasteiger partial charge >= 0.3 is 5.97 Å². The van der Waals surface area contributed by atoms with Crippen molar-refractivity contribution in [3.8, 4) is 11.1 Å². The maximum atomic E-state index is 12.7. The van der Waals surface area contributed by atoms with Crippen molar-refractivity contribution in [3.63, 3.8) is 0 Å². The highest BCUT2D eigenvalue weighted by Crippen LogP contribution is 2.29. The molecule has 0 unspecified atom stereocenters. The van der Waals surface area contributed by atoms with Gasteiger partial charge in [-0.2, -0.15) is 0 Å². The molecular formula is C24H25NO3S. The number of hydrogen-bond acceptors (Lipinski definition) is 4. The van der Waals surface area contributed by atoms with Crippen molar-refractivity contribution in [3.05, 3.63) is 82.0 Å². The zero-order chi connectivity index (χ0) is 20.8. The Hall–Kier alpha value is -2.92. The van der Waals surface area contributed by atoms with Crippen molar-refractivity contribution in [1.29, 1.82) is 0 Å². The molecule has 0 aliphatic rings. The number of esters is 1. The predicted molar refractivity (Wildman–Crippen MR) is 117 cm³/mol. The summed E-state index contributed by atoms with van der Waals surface area (Å²) in [7, 11) is 0. The van der Waals surface area contributed by atoms with E-state index in [1.165, 1.54) is 11.3 Å². The number of aryl methyl sites for hydroxylation is 1. The van der Waals surface area contributed by atoms with Crippen LogP contribution in [0.5, 0.6) is 0 Å². The van der Waals surface area contributed by atoms with Gasteiger partial charge in [-0.05, 0) is 43.3 Å². The number of hydrogen-bond donors (Lipinski definition) is 0. The molecule has 2 aromatic carbocycles. The van der Waals surface area contributed by atoms with Gasteiger partial charge in [-0.1, -0.05) is 60.2 Å². The molecule has 1 aromatic heterocycles. The lowest BCUT2D eigenvalue weighted by Crippen LogP contribution is -2.39. The first-order valence-electron chi connectivity index (χ1n) is 9.60. The van der Waals surface area contributed by atoms with Gasteiger partial charge in [-0.15, -0.1) is 11.3 Å². The summed E-state index contributed by atoms with van der Waals surface area (Å²) in [5.74, 6) is -0.669. The lowest BCUT2D eigenvalue weighted by atomic mass is 10.1. The first-order valence-corrected chi connectivity index (χ1v) is 10.5. The number of rotatable bonds is 7. The molecule has 0 saturated carbocycles. The molecule has 3 aromatic rings. The maximum absolute atomic E-state index is 12.7. The summed E-state index contributed by atoms with van der Waals surface area (Å²) in [6.07, 6.45) is 0. The van der Waals surface area contributed by atoms with E-state index in [2.05, 4.69) is 0 Å². The van der Waals surface area contributed by atoms with Crippen LogP contribution in [0.15, 0.2) is 66.0 Å². The van der Waals surface area contributed by atoms with E-state index >= 15 is 0 Å². The van der Waals surface area contributed by atoms with E-state index < -0.39 is 5.97 Å². The second-order valence-electron chi connectivity index (χ2n) is 7.21. The van der Waals surface area contributed by atoms with Crippen molar-refractivity contribution in [2.24, 2.45) is 0 Å². The van der Waals surface area contributed by atoms with E-state index in [-0.39, 0.29) is 18.6 Å². The Labute approximate surface area is 175 Å². The average molecular weight is 408 g/mol. The number of amides is 1. The van der Waals surface area contributed by atoms with Crippen LogP contribution in [0.2, 0.25) is 0 Å². The molecule has 1 amide bonds. The van der Waals surface area contributed by atoms with Gasteiger partial charge in [0.1, 0.15) is 4.88 Å². The summed E-state index contributed by atoms with van der Waals surface area (Å²) >= 11 is 1.33. The first-order chi connectivity index (χ1) is 14.0. The minimum absolute atomic E-state index is 0.00580. The van der Waals surface area contributed by atoms with E-state index in [0.29, 0.717) is 11.4 Å². The third-order valence-electron chi connectivity index (χ3n) is 4.68. The van der Waals surface area contributed by atoms with Gasteiger partial charge in [0.2, 0.25) is 0 Å². The Bertz CT molecular complexity index is 961. The van der Waals surface area contributed by atoms with Gasteiger partial charge in [0.05, 0.1) is 0 Å². The zero-order valence-corrected chi connectivity index (χ0v) is 17.7. The molecule has 150 valence electrons. The second-order valence-corrected chi connectivity index (χ2v) is 8.12. The summed E-state index contributed by atoms with van der Waals surface area (Å²) in [5.41, 5.74) is 3.99. The fourth-order valence-electron chi connectivity index (χ4n) is 3.04. The maximum Gasteiger partial charge on any atom is 0.349 e. The van der Waals surface area contributed by atoms with Crippen LogP contribution in [0.3, 0.4) is 0 Å². The lowest BCUT2D eigenvalue weighted by Gasteiger charge is -2.26. The first kappa shape index (κ1) is 20.8. The fraction of sp³-hybridized carbons (Fsp3) is 0.250. The molecule has 0 radical (unpaired) electrons. The molecule has 3 rings (SSSR count). The molecule has 0 aliphatic heterocycles. The minimum Gasteiger partial charge on any atom is -0.451 e. The molecule has 0 spiro atoms. The Balaban J connectivity index is 1.66. The van der Waals surface area contributed by atoms with Crippen LogP contribution in [0.1, 0.15) is 34.6 Å². The fourth-order valence-corrected chi connectivity index (χ4v) is 3.85. The number of carbonyl (C=O) groups excluding carboxylic acids is 2. The monoisotopic (exact) mass is 407 g/mol. The molecule has 0 fully saturated rings. The smallest absolute Gasteiger partial charge is 0.349 e. The summed E-state index contributed by atoms with van der Waals surface area (Å²) < 4.78 is 5.38. The number of carbonyl (C=O) groups is 2. The molecule has 0 aliphatic carbocycles. The standard InChI is InChI=1S/C24H25NO3S/c1-17(2)25(15-19-7-5-4-6-8-19)22(26)16-28-24(27)23-21(13-14-29-23)20-11-9-18(3)10-12-20/h4-14,17H,15-16H2,1-3H3. The van der Waals surface area contributed by atoms with E-state index in [4.69, 9.17) is 4.74 Å². The van der Waals surface area contributed by atoms with Gasteiger partial charge in [-0.3, -0.25) is 4.79 Å². The summed E-state index contributed by atoms with van der Waals surface area (Å²) in [4.78, 5) is 27.6. The lowest BCUT2D eigenvalue weighted by molar-refractivity contribution is -0.136. The predicted octanol–water partition coefficient (Wildman–Crippen LogP) is 5.32. The van der Waals surface area contributed by atoms with Crippen LogP contribution in [-0.2, 0) is 16.1 Å². The SMILES string of the molecule is Cc1ccc(-c2ccsc2C(=O)OCC(=O)N(Cc2ccccc2)C(C)C)cc1. The van der Waals surface area contributed by atoms with E-state index in [1.807, 2.05) is 86.8 Å². The van der Waals surface area contributed by atoms with E-state index in [9.17, 15) is 9.59 Å². The summed E-state index contributed by atoms with van der Waals surface area (Å²) in [6.45, 7) is 6.15. The van der Waals surface area contributed by atoms with E-state index in [1.54, 1.807) is 4.90 Å². The Morgan fingerprint density at radius 2 is 1.69 bits per heavy atom. The molecular weight excluding hydrogens is 382 g/mol. The minimum atomic E-state index is -0.465. The molecule has 4 nitrogen and oxygen atoms in total. The van der Waals surface area contributed by atoms with Crippen LogP contribution < -0.4 is 0 Å². The van der Waals surface area contributed by atoms with Crippen LogP contribution >= 0.6 is 11.3 Å². The molecule has 0 bridgehead atoms. The van der Waals surface area contributed by atoms with Crippen molar-refractivity contribution in [2.45, 2.75) is 33.4 Å². The quantitative estimate of drug-likeness (QED) is 0.498. The highest BCUT2D eigenvalue weighted by Gasteiger charge is 2.21. The Kier molecular flexibility index (Phi) is 6.83. The van der Waals surface area contributed by atoms with Crippen molar-refractivity contribution >= 4 is 23.2 Å². The molecule has 0 atom stereocenters. The highest BCUT2D eigenvalue weighted by molar-refractivity contribution is 7.12.